The largest absolute Gasteiger partial charge is 0.310 e. The summed E-state index contributed by atoms with van der Waals surface area (Å²) in [6.07, 6.45) is 5.51. The van der Waals surface area contributed by atoms with E-state index < -0.39 is 0 Å². The van der Waals surface area contributed by atoms with Gasteiger partial charge in [0.15, 0.2) is 0 Å². The monoisotopic (exact) mass is 251 g/mol. The fraction of sp³-hybridized carbons (Fsp3) is 0.600. The molecule has 1 aliphatic carbocycles. The number of hydrogen-bond donors (Lipinski definition) is 1. The molecule has 1 atom stereocenters. The van der Waals surface area contributed by atoms with E-state index in [0.29, 0.717) is 6.04 Å². The highest BCUT2D eigenvalue weighted by Gasteiger charge is 2.22. The third-order valence-electron chi connectivity index (χ3n) is 3.83. The van der Waals surface area contributed by atoms with E-state index in [2.05, 4.69) is 31.3 Å². The zero-order valence-corrected chi connectivity index (χ0v) is 11.6. The number of benzene rings is 1. The quantitative estimate of drug-likeness (QED) is 0.813. The van der Waals surface area contributed by atoms with Crippen LogP contribution in [-0.4, -0.2) is 6.54 Å². The maximum atomic E-state index is 6.09. The molecule has 2 rings (SSSR count). The molecule has 1 unspecified atom stereocenters. The normalized spacial score (nSPS) is 17.8. The fourth-order valence-corrected chi connectivity index (χ4v) is 2.65. The Balaban J connectivity index is 2.09. The van der Waals surface area contributed by atoms with Crippen LogP contribution in [0.3, 0.4) is 0 Å². The van der Waals surface area contributed by atoms with Crippen LogP contribution < -0.4 is 5.32 Å². The number of hydrogen-bond acceptors (Lipinski definition) is 1. The zero-order chi connectivity index (χ0) is 12.3. The van der Waals surface area contributed by atoms with E-state index >= 15 is 0 Å². The maximum Gasteiger partial charge on any atom is 0.0435 e. The molecular formula is C15H22ClN. The average Bonchev–Trinajstić information content (AvgIpc) is 2.25. The minimum Gasteiger partial charge on any atom is -0.310 e. The number of halogens is 1. The van der Waals surface area contributed by atoms with Gasteiger partial charge < -0.3 is 5.32 Å². The first kappa shape index (κ1) is 12.9. The van der Waals surface area contributed by atoms with Crippen molar-refractivity contribution in [2.75, 3.05) is 6.54 Å². The molecule has 1 fully saturated rings. The molecule has 1 N–H and O–H groups in total. The van der Waals surface area contributed by atoms with Gasteiger partial charge in [-0.2, -0.15) is 0 Å². The molecule has 0 heterocycles. The van der Waals surface area contributed by atoms with Gasteiger partial charge in [0.05, 0.1) is 0 Å². The molecule has 0 bridgehead atoms. The van der Waals surface area contributed by atoms with Gasteiger partial charge in [0.25, 0.3) is 0 Å². The van der Waals surface area contributed by atoms with E-state index in [0.717, 1.165) is 17.5 Å². The molecule has 1 aromatic carbocycles. The molecule has 1 nitrogen and oxygen atoms in total. The van der Waals surface area contributed by atoms with Gasteiger partial charge in [0.1, 0.15) is 0 Å². The van der Waals surface area contributed by atoms with Gasteiger partial charge in [-0.15, -0.1) is 0 Å². The summed E-state index contributed by atoms with van der Waals surface area (Å²) in [5.41, 5.74) is 2.57. The highest BCUT2D eigenvalue weighted by molar-refractivity contribution is 6.31. The molecule has 0 radical (unpaired) electrons. The molecule has 0 aliphatic heterocycles. The lowest BCUT2D eigenvalue weighted by atomic mass is 9.79. The van der Waals surface area contributed by atoms with E-state index in [1.54, 1.807) is 0 Å². The van der Waals surface area contributed by atoms with E-state index in [4.69, 9.17) is 11.6 Å². The Hall–Kier alpha value is -0.530. The first-order valence-corrected chi connectivity index (χ1v) is 7.08. The third-order valence-corrected chi connectivity index (χ3v) is 4.25. The summed E-state index contributed by atoms with van der Waals surface area (Å²) in [5, 5.41) is 4.47. The Kier molecular flexibility index (Phi) is 4.47. The van der Waals surface area contributed by atoms with Crippen molar-refractivity contribution in [1.82, 2.24) is 5.32 Å². The van der Waals surface area contributed by atoms with Crippen molar-refractivity contribution in [3.05, 3.63) is 34.3 Å². The Morgan fingerprint density at radius 1 is 1.41 bits per heavy atom. The van der Waals surface area contributed by atoms with Crippen molar-refractivity contribution in [2.45, 2.75) is 45.6 Å². The lowest BCUT2D eigenvalue weighted by Gasteiger charge is -2.30. The second kappa shape index (κ2) is 5.88. The van der Waals surface area contributed by atoms with Crippen molar-refractivity contribution in [3.8, 4) is 0 Å². The van der Waals surface area contributed by atoms with Crippen LogP contribution in [0.2, 0.25) is 5.02 Å². The first-order valence-electron chi connectivity index (χ1n) is 6.70. The lowest BCUT2D eigenvalue weighted by molar-refractivity contribution is 0.262. The van der Waals surface area contributed by atoms with Gasteiger partial charge in [-0.3, -0.25) is 0 Å². The summed E-state index contributed by atoms with van der Waals surface area (Å²) in [5.74, 6) is 0.926. The predicted octanol–water partition coefficient (Wildman–Crippen LogP) is 4.49. The second-order valence-corrected chi connectivity index (χ2v) is 5.56. The maximum absolute atomic E-state index is 6.09. The molecule has 0 aromatic heterocycles. The van der Waals surface area contributed by atoms with Crippen molar-refractivity contribution in [1.29, 1.82) is 0 Å². The Bertz CT molecular complexity index is 371. The third kappa shape index (κ3) is 3.23. The van der Waals surface area contributed by atoms with Crippen LogP contribution in [0.15, 0.2) is 18.2 Å². The number of rotatable bonds is 5. The first-order chi connectivity index (χ1) is 8.20. The Morgan fingerprint density at radius 3 is 2.71 bits per heavy atom. The van der Waals surface area contributed by atoms with Crippen molar-refractivity contribution in [3.63, 3.8) is 0 Å². The molecule has 1 aliphatic rings. The van der Waals surface area contributed by atoms with Gasteiger partial charge in [-0.25, -0.2) is 0 Å². The minimum absolute atomic E-state index is 0.501. The molecular weight excluding hydrogens is 230 g/mol. The Labute approximate surface area is 110 Å². The molecule has 17 heavy (non-hydrogen) atoms. The molecule has 1 saturated carbocycles. The van der Waals surface area contributed by atoms with Crippen LogP contribution in [-0.2, 0) is 0 Å². The summed E-state index contributed by atoms with van der Waals surface area (Å²) in [6, 6.07) is 6.92. The fourth-order valence-electron chi connectivity index (χ4n) is 2.53. The van der Waals surface area contributed by atoms with E-state index in [-0.39, 0.29) is 0 Å². The van der Waals surface area contributed by atoms with Crippen molar-refractivity contribution >= 4 is 11.6 Å². The van der Waals surface area contributed by atoms with Crippen molar-refractivity contribution < 1.29 is 0 Å². The van der Waals surface area contributed by atoms with Gasteiger partial charge in [0, 0.05) is 11.1 Å². The number of nitrogens with one attached hydrogen (secondary N) is 1. The van der Waals surface area contributed by atoms with Gasteiger partial charge in [0.2, 0.25) is 0 Å². The van der Waals surface area contributed by atoms with Crippen LogP contribution in [0.5, 0.6) is 0 Å². The van der Waals surface area contributed by atoms with Gasteiger partial charge in [-0.1, -0.05) is 49.9 Å². The lowest BCUT2D eigenvalue weighted by Crippen LogP contribution is -2.25. The second-order valence-electron chi connectivity index (χ2n) is 5.15. The van der Waals surface area contributed by atoms with Gasteiger partial charge >= 0.3 is 0 Å². The van der Waals surface area contributed by atoms with E-state index in [1.807, 2.05) is 6.07 Å². The standard InChI is InChI=1S/C15H22ClN/c1-3-17-15(10-12-5-4-6-12)13-7-8-14(16)11(2)9-13/h7-9,12,15,17H,3-6,10H2,1-2H3. The highest BCUT2D eigenvalue weighted by atomic mass is 35.5. The minimum atomic E-state index is 0.501. The summed E-state index contributed by atoms with van der Waals surface area (Å²) in [7, 11) is 0. The smallest absolute Gasteiger partial charge is 0.0435 e. The summed E-state index contributed by atoms with van der Waals surface area (Å²) in [4.78, 5) is 0. The molecule has 0 spiro atoms. The molecule has 94 valence electrons. The molecule has 0 amide bonds. The van der Waals surface area contributed by atoms with Crippen LogP contribution in [0.4, 0.5) is 0 Å². The molecule has 2 heteroatoms. The van der Waals surface area contributed by atoms with Gasteiger partial charge in [-0.05, 0) is 43.0 Å². The predicted molar refractivity (Wildman–Crippen MR) is 74.6 cm³/mol. The van der Waals surface area contributed by atoms with Crippen LogP contribution >= 0.6 is 11.6 Å². The average molecular weight is 252 g/mol. The summed E-state index contributed by atoms with van der Waals surface area (Å²) < 4.78 is 0. The zero-order valence-electron chi connectivity index (χ0n) is 10.8. The van der Waals surface area contributed by atoms with Crippen LogP contribution in [0, 0.1) is 12.8 Å². The molecule has 0 saturated heterocycles. The van der Waals surface area contributed by atoms with E-state index in [9.17, 15) is 0 Å². The van der Waals surface area contributed by atoms with Crippen LogP contribution in [0.25, 0.3) is 0 Å². The summed E-state index contributed by atoms with van der Waals surface area (Å²) >= 11 is 6.09. The van der Waals surface area contributed by atoms with Crippen LogP contribution in [0.1, 0.15) is 49.8 Å². The summed E-state index contributed by atoms with van der Waals surface area (Å²) in [6.45, 7) is 5.29. The highest BCUT2D eigenvalue weighted by Crippen LogP contribution is 2.35. The SMILES string of the molecule is CCNC(CC1CCC1)c1ccc(Cl)c(C)c1. The Morgan fingerprint density at radius 2 is 2.18 bits per heavy atom. The number of aryl methyl sites for hydroxylation is 1. The molecule has 1 aromatic rings. The topological polar surface area (TPSA) is 12.0 Å². The van der Waals surface area contributed by atoms with Crippen molar-refractivity contribution in [2.24, 2.45) is 5.92 Å². The van der Waals surface area contributed by atoms with E-state index in [1.165, 1.54) is 36.8 Å².